The molecule has 0 aliphatic carbocycles. The standard InChI is InChI=1S/C13H22N4O3S/c1-2-5-14-13-15-8-12(9-16-13)21(19,20)17-6-3-11(10-18)4-7-17/h8-9,11,18H,2-7,10H2,1H3,(H,14,15,16). The van der Waals surface area contributed by atoms with Gasteiger partial charge in [-0.1, -0.05) is 6.92 Å². The van der Waals surface area contributed by atoms with Crippen LogP contribution in [-0.4, -0.2) is 54.0 Å². The van der Waals surface area contributed by atoms with Gasteiger partial charge in [-0.15, -0.1) is 0 Å². The largest absolute Gasteiger partial charge is 0.396 e. The van der Waals surface area contributed by atoms with Crippen LogP contribution in [0.15, 0.2) is 17.3 Å². The number of aromatic nitrogens is 2. The first kappa shape index (κ1) is 16.1. The second kappa shape index (κ2) is 7.15. The van der Waals surface area contributed by atoms with E-state index in [-0.39, 0.29) is 17.4 Å². The van der Waals surface area contributed by atoms with E-state index in [1.54, 1.807) is 0 Å². The van der Waals surface area contributed by atoms with Crippen molar-refractivity contribution in [3.8, 4) is 0 Å². The summed E-state index contributed by atoms with van der Waals surface area (Å²) >= 11 is 0. The molecule has 2 N–H and O–H groups in total. The molecule has 0 unspecified atom stereocenters. The maximum Gasteiger partial charge on any atom is 0.246 e. The predicted molar refractivity (Wildman–Crippen MR) is 79.4 cm³/mol. The molecule has 0 atom stereocenters. The van der Waals surface area contributed by atoms with Gasteiger partial charge in [0, 0.05) is 26.2 Å². The van der Waals surface area contributed by atoms with Crippen LogP contribution in [0.3, 0.4) is 0 Å². The summed E-state index contributed by atoms with van der Waals surface area (Å²) in [4.78, 5) is 8.20. The molecule has 1 aliphatic heterocycles. The van der Waals surface area contributed by atoms with Crippen molar-refractivity contribution in [1.82, 2.24) is 14.3 Å². The number of sulfonamides is 1. The topological polar surface area (TPSA) is 95.4 Å². The van der Waals surface area contributed by atoms with Crippen molar-refractivity contribution >= 4 is 16.0 Å². The molecule has 118 valence electrons. The fraction of sp³-hybridized carbons (Fsp3) is 0.692. The summed E-state index contributed by atoms with van der Waals surface area (Å²) in [5.41, 5.74) is 0. The Morgan fingerprint density at radius 3 is 2.48 bits per heavy atom. The van der Waals surface area contributed by atoms with Crippen molar-refractivity contribution in [2.24, 2.45) is 5.92 Å². The SMILES string of the molecule is CCCNc1ncc(S(=O)(=O)N2CCC(CO)CC2)cn1. The highest BCUT2D eigenvalue weighted by Crippen LogP contribution is 2.23. The highest BCUT2D eigenvalue weighted by molar-refractivity contribution is 7.89. The number of aliphatic hydroxyl groups is 1. The summed E-state index contributed by atoms with van der Waals surface area (Å²) < 4.78 is 26.4. The van der Waals surface area contributed by atoms with Crippen molar-refractivity contribution in [3.63, 3.8) is 0 Å². The van der Waals surface area contributed by atoms with Gasteiger partial charge in [0.2, 0.25) is 16.0 Å². The van der Waals surface area contributed by atoms with Gasteiger partial charge in [0.1, 0.15) is 4.90 Å². The average Bonchev–Trinajstić information content (AvgIpc) is 2.53. The molecule has 0 aromatic carbocycles. The van der Waals surface area contributed by atoms with Gasteiger partial charge >= 0.3 is 0 Å². The summed E-state index contributed by atoms with van der Waals surface area (Å²) in [6.45, 7) is 3.77. The van der Waals surface area contributed by atoms with E-state index in [0.717, 1.165) is 13.0 Å². The van der Waals surface area contributed by atoms with Gasteiger partial charge in [-0.3, -0.25) is 0 Å². The maximum atomic E-state index is 12.5. The predicted octanol–water partition coefficient (Wildman–Crippen LogP) is 0.691. The number of piperidine rings is 1. The van der Waals surface area contributed by atoms with Crippen LogP contribution in [-0.2, 0) is 10.0 Å². The first-order valence-corrected chi connectivity index (χ1v) is 8.69. The zero-order valence-electron chi connectivity index (χ0n) is 12.2. The van der Waals surface area contributed by atoms with E-state index in [2.05, 4.69) is 15.3 Å². The third-order valence-corrected chi connectivity index (χ3v) is 5.48. The van der Waals surface area contributed by atoms with Crippen molar-refractivity contribution in [3.05, 3.63) is 12.4 Å². The molecule has 1 aromatic heterocycles. The molecule has 0 amide bonds. The van der Waals surface area contributed by atoms with Crippen molar-refractivity contribution in [2.75, 3.05) is 31.6 Å². The molecule has 7 nitrogen and oxygen atoms in total. The Morgan fingerprint density at radius 2 is 1.95 bits per heavy atom. The fourth-order valence-corrected chi connectivity index (χ4v) is 3.62. The summed E-state index contributed by atoms with van der Waals surface area (Å²) in [5.74, 6) is 0.642. The molecule has 8 heteroatoms. The Bertz CT molecular complexity index is 539. The number of anilines is 1. The molecule has 0 spiro atoms. The molecular weight excluding hydrogens is 292 g/mol. The molecule has 2 heterocycles. The number of nitrogens with one attached hydrogen (secondary N) is 1. The van der Waals surface area contributed by atoms with E-state index in [1.165, 1.54) is 16.7 Å². The normalized spacial score (nSPS) is 17.8. The van der Waals surface area contributed by atoms with Crippen LogP contribution >= 0.6 is 0 Å². The van der Waals surface area contributed by atoms with Gasteiger partial charge in [-0.2, -0.15) is 4.31 Å². The highest BCUT2D eigenvalue weighted by atomic mass is 32.2. The van der Waals surface area contributed by atoms with E-state index in [9.17, 15) is 8.42 Å². The van der Waals surface area contributed by atoms with E-state index in [0.29, 0.717) is 31.9 Å². The number of hydrogen-bond donors (Lipinski definition) is 2. The van der Waals surface area contributed by atoms with Gasteiger partial charge < -0.3 is 10.4 Å². The third-order valence-electron chi connectivity index (χ3n) is 3.63. The van der Waals surface area contributed by atoms with Crippen LogP contribution in [0.5, 0.6) is 0 Å². The third kappa shape index (κ3) is 3.90. The Hall–Kier alpha value is -1.25. The Balaban J connectivity index is 2.05. The lowest BCUT2D eigenvalue weighted by atomic mass is 10.00. The minimum absolute atomic E-state index is 0.118. The molecule has 1 aliphatic rings. The highest BCUT2D eigenvalue weighted by Gasteiger charge is 2.29. The Labute approximate surface area is 125 Å². The molecule has 21 heavy (non-hydrogen) atoms. The second-order valence-corrected chi connectivity index (χ2v) is 7.14. The monoisotopic (exact) mass is 314 g/mol. The van der Waals surface area contributed by atoms with Crippen molar-refractivity contribution < 1.29 is 13.5 Å². The molecular formula is C13H22N4O3S. The average molecular weight is 314 g/mol. The lowest BCUT2D eigenvalue weighted by Gasteiger charge is -2.30. The molecule has 1 fully saturated rings. The lowest BCUT2D eigenvalue weighted by molar-refractivity contribution is 0.170. The molecule has 0 radical (unpaired) electrons. The van der Waals surface area contributed by atoms with Gasteiger partial charge in [0.05, 0.1) is 12.4 Å². The van der Waals surface area contributed by atoms with E-state index in [4.69, 9.17) is 5.11 Å². The molecule has 1 aromatic rings. The van der Waals surface area contributed by atoms with Crippen LogP contribution in [0.25, 0.3) is 0 Å². The second-order valence-electron chi connectivity index (χ2n) is 5.20. The van der Waals surface area contributed by atoms with Gasteiger partial charge in [-0.05, 0) is 25.2 Å². The van der Waals surface area contributed by atoms with Crippen LogP contribution in [0.2, 0.25) is 0 Å². The maximum absolute atomic E-state index is 12.5. The van der Waals surface area contributed by atoms with Crippen LogP contribution in [0, 0.1) is 5.92 Å². The van der Waals surface area contributed by atoms with E-state index < -0.39 is 10.0 Å². The Morgan fingerprint density at radius 1 is 1.33 bits per heavy atom. The quantitative estimate of drug-likeness (QED) is 0.802. The smallest absolute Gasteiger partial charge is 0.246 e. The zero-order chi connectivity index (χ0) is 15.3. The van der Waals surface area contributed by atoms with Crippen molar-refractivity contribution in [1.29, 1.82) is 0 Å². The minimum atomic E-state index is -3.53. The van der Waals surface area contributed by atoms with Gasteiger partial charge in [-0.25, -0.2) is 18.4 Å². The first-order chi connectivity index (χ1) is 10.1. The first-order valence-electron chi connectivity index (χ1n) is 7.25. The molecule has 0 bridgehead atoms. The Kier molecular flexibility index (Phi) is 5.49. The molecule has 2 rings (SSSR count). The number of aliphatic hydroxyl groups excluding tert-OH is 1. The fourth-order valence-electron chi connectivity index (χ4n) is 2.26. The molecule has 0 saturated carbocycles. The number of rotatable bonds is 6. The number of hydrogen-bond acceptors (Lipinski definition) is 6. The van der Waals surface area contributed by atoms with Crippen LogP contribution in [0.4, 0.5) is 5.95 Å². The van der Waals surface area contributed by atoms with Gasteiger partial charge in [0.15, 0.2) is 0 Å². The summed E-state index contributed by atoms with van der Waals surface area (Å²) in [5, 5.41) is 12.1. The lowest BCUT2D eigenvalue weighted by Crippen LogP contribution is -2.39. The number of nitrogens with zero attached hydrogens (tertiary/aromatic N) is 3. The van der Waals surface area contributed by atoms with E-state index in [1.807, 2.05) is 6.92 Å². The zero-order valence-corrected chi connectivity index (χ0v) is 13.0. The van der Waals surface area contributed by atoms with Crippen LogP contribution < -0.4 is 5.32 Å². The van der Waals surface area contributed by atoms with Crippen molar-refractivity contribution in [2.45, 2.75) is 31.1 Å². The minimum Gasteiger partial charge on any atom is -0.396 e. The van der Waals surface area contributed by atoms with Crippen LogP contribution in [0.1, 0.15) is 26.2 Å². The molecule has 1 saturated heterocycles. The summed E-state index contributed by atoms with van der Waals surface area (Å²) in [7, 11) is -3.53. The van der Waals surface area contributed by atoms with E-state index >= 15 is 0 Å². The van der Waals surface area contributed by atoms with Gasteiger partial charge in [0.25, 0.3) is 0 Å². The summed E-state index contributed by atoms with van der Waals surface area (Å²) in [6, 6.07) is 0. The summed E-state index contributed by atoms with van der Waals surface area (Å²) in [6.07, 6.45) is 5.01.